The van der Waals surface area contributed by atoms with Gasteiger partial charge in [-0.25, -0.2) is 4.39 Å². The van der Waals surface area contributed by atoms with Crippen LogP contribution in [0.1, 0.15) is 70.4 Å². The zero-order chi connectivity index (χ0) is 26.7. The van der Waals surface area contributed by atoms with Crippen molar-refractivity contribution in [2.75, 3.05) is 0 Å². The molecule has 0 unspecified atom stereocenters. The average Bonchev–Trinajstić information content (AvgIpc) is 2.76. The minimum Gasteiger partial charge on any atom is -0.487 e. The fourth-order valence-corrected chi connectivity index (χ4v) is 7.04. The van der Waals surface area contributed by atoms with Gasteiger partial charge in [-0.05, 0) is 56.6 Å². The van der Waals surface area contributed by atoms with Crippen LogP contribution in [0.4, 0.5) is 4.39 Å². The molecule has 194 valence electrons. The molecule has 0 saturated carbocycles. The number of ether oxygens (including phenoxy) is 2. The molecule has 0 fully saturated rings. The van der Waals surface area contributed by atoms with E-state index in [0.29, 0.717) is 58.6 Å². The van der Waals surface area contributed by atoms with E-state index in [-0.39, 0.29) is 34.8 Å². The summed E-state index contributed by atoms with van der Waals surface area (Å²) in [7, 11) is 0. The van der Waals surface area contributed by atoms with Gasteiger partial charge in [-0.15, -0.1) is 0 Å². The zero-order valence-electron chi connectivity index (χ0n) is 21.3. The quantitative estimate of drug-likeness (QED) is 0.340. The van der Waals surface area contributed by atoms with E-state index in [9.17, 15) is 14.0 Å². The van der Waals surface area contributed by atoms with Crippen molar-refractivity contribution in [2.45, 2.75) is 65.9 Å². The van der Waals surface area contributed by atoms with Crippen molar-refractivity contribution in [3.05, 3.63) is 85.0 Å². The summed E-state index contributed by atoms with van der Waals surface area (Å²) in [5.41, 5.74) is 2.19. The third-order valence-corrected chi connectivity index (χ3v) is 8.27. The molecule has 0 saturated heterocycles. The summed E-state index contributed by atoms with van der Waals surface area (Å²) in [5.74, 6) is 0.985. The second kappa shape index (κ2) is 9.49. The number of allylic oxidation sites excluding steroid dienone is 4. The third kappa shape index (κ3) is 5.22. The van der Waals surface area contributed by atoms with Gasteiger partial charge in [0, 0.05) is 46.9 Å². The fourth-order valence-electron chi connectivity index (χ4n) is 5.67. The molecule has 37 heavy (non-hydrogen) atoms. The Labute approximate surface area is 233 Å². The second-order valence-corrected chi connectivity index (χ2v) is 13.6. The van der Waals surface area contributed by atoms with Crippen molar-refractivity contribution in [1.29, 1.82) is 0 Å². The minimum atomic E-state index is -0.581. The zero-order valence-corrected chi connectivity index (χ0v) is 24.5. The first-order chi connectivity index (χ1) is 17.3. The lowest BCUT2D eigenvalue weighted by molar-refractivity contribution is -0.120. The number of hydrogen-bond acceptors (Lipinski definition) is 4. The highest BCUT2D eigenvalue weighted by atomic mass is 79.9. The van der Waals surface area contributed by atoms with Crippen LogP contribution in [0.15, 0.2) is 68.0 Å². The van der Waals surface area contributed by atoms with Gasteiger partial charge >= 0.3 is 0 Å². The number of Topliss-reactive ketones (excluding diaryl/α,β-unsaturated/α-hetero) is 2. The largest absolute Gasteiger partial charge is 0.487 e. The summed E-state index contributed by atoms with van der Waals surface area (Å²) in [4.78, 5) is 27.3. The molecule has 0 atom stereocenters. The summed E-state index contributed by atoms with van der Waals surface area (Å²) >= 11 is 7.24. The van der Waals surface area contributed by atoms with Gasteiger partial charge in [-0.2, -0.15) is 0 Å². The first-order valence-corrected chi connectivity index (χ1v) is 14.0. The molecule has 5 rings (SSSR count). The molecular formula is C30H29Br2FO4. The Hall–Kier alpha value is -2.25. The predicted octanol–water partition coefficient (Wildman–Crippen LogP) is 8.33. The molecule has 2 aliphatic carbocycles. The first-order valence-electron chi connectivity index (χ1n) is 12.4. The molecule has 7 heteroatoms. The smallest absolute Gasteiger partial charge is 0.163 e. The first kappa shape index (κ1) is 26.4. The maximum Gasteiger partial charge on any atom is 0.163 e. The van der Waals surface area contributed by atoms with Gasteiger partial charge in [0.15, 0.2) is 11.6 Å². The maximum absolute atomic E-state index is 13.7. The van der Waals surface area contributed by atoms with Gasteiger partial charge < -0.3 is 9.47 Å². The maximum atomic E-state index is 13.7. The van der Waals surface area contributed by atoms with Crippen LogP contribution < -0.4 is 4.74 Å². The molecule has 3 aliphatic rings. The van der Waals surface area contributed by atoms with E-state index in [1.54, 1.807) is 12.1 Å². The average molecular weight is 632 g/mol. The van der Waals surface area contributed by atoms with E-state index >= 15 is 0 Å². The van der Waals surface area contributed by atoms with Gasteiger partial charge in [-0.3, -0.25) is 9.59 Å². The molecule has 4 nitrogen and oxygen atoms in total. The molecule has 0 N–H and O–H groups in total. The van der Waals surface area contributed by atoms with E-state index in [2.05, 4.69) is 59.6 Å². The Morgan fingerprint density at radius 1 is 0.892 bits per heavy atom. The van der Waals surface area contributed by atoms with Crippen molar-refractivity contribution < 1.29 is 23.5 Å². The van der Waals surface area contributed by atoms with Crippen LogP contribution in [-0.2, 0) is 20.9 Å². The number of carbonyl (C=O) groups excluding carboxylic acids is 2. The number of carbonyl (C=O) groups is 2. The van der Waals surface area contributed by atoms with E-state index < -0.39 is 5.92 Å². The Bertz CT molecular complexity index is 1320. The summed E-state index contributed by atoms with van der Waals surface area (Å²) < 4.78 is 27.6. The molecule has 0 spiro atoms. The van der Waals surface area contributed by atoms with Crippen molar-refractivity contribution >= 4 is 43.4 Å². The topological polar surface area (TPSA) is 52.6 Å². The molecule has 0 amide bonds. The van der Waals surface area contributed by atoms with E-state index in [4.69, 9.17) is 9.47 Å². The van der Waals surface area contributed by atoms with Crippen LogP contribution in [0.2, 0.25) is 0 Å². The van der Waals surface area contributed by atoms with Gasteiger partial charge in [0.1, 0.15) is 29.7 Å². The lowest BCUT2D eigenvalue weighted by Crippen LogP contribution is -2.37. The third-order valence-electron chi connectivity index (χ3n) is 7.23. The summed E-state index contributed by atoms with van der Waals surface area (Å²) in [6.45, 7) is 8.48. The molecule has 0 aromatic heterocycles. The predicted molar refractivity (Wildman–Crippen MR) is 146 cm³/mol. The number of ketones is 2. The van der Waals surface area contributed by atoms with Gasteiger partial charge in [0.25, 0.3) is 0 Å². The summed E-state index contributed by atoms with van der Waals surface area (Å²) in [6.07, 6.45) is 2.01. The molecular weight excluding hydrogens is 603 g/mol. The van der Waals surface area contributed by atoms with E-state index in [1.165, 1.54) is 12.1 Å². The Morgan fingerprint density at radius 2 is 1.43 bits per heavy atom. The SMILES string of the molecule is CC1(C)CC(=O)C2=C(C1)OC1=C(C(=O)CC(C)(C)C1)C2c1cc(Br)cc(Br)c1OCc1ccc(F)cc1. The highest BCUT2D eigenvalue weighted by Gasteiger charge is 2.48. The van der Waals surface area contributed by atoms with Crippen LogP contribution in [0.5, 0.6) is 5.75 Å². The van der Waals surface area contributed by atoms with Gasteiger partial charge in [0.05, 0.1) is 10.4 Å². The Morgan fingerprint density at radius 3 is 1.97 bits per heavy atom. The van der Waals surface area contributed by atoms with Crippen LogP contribution >= 0.6 is 31.9 Å². The highest BCUT2D eigenvalue weighted by Crippen LogP contribution is 2.55. The number of benzene rings is 2. The molecule has 1 aliphatic heterocycles. The van der Waals surface area contributed by atoms with Crippen molar-refractivity contribution in [3.8, 4) is 5.75 Å². The van der Waals surface area contributed by atoms with Gasteiger partial charge in [0.2, 0.25) is 0 Å². The summed E-state index contributed by atoms with van der Waals surface area (Å²) in [6, 6.07) is 9.95. The molecule has 0 radical (unpaired) electrons. The lowest BCUT2D eigenvalue weighted by Gasteiger charge is -2.43. The van der Waals surface area contributed by atoms with Crippen LogP contribution in [0, 0.1) is 16.6 Å². The normalized spacial score (nSPS) is 20.9. The van der Waals surface area contributed by atoms with E-state index in [1.807, 2.05) is 12.1 Å². The number of hydrogen-bond donors (Lipinski definition) is 0. The van der Waals surface area contributed by atoms with Gasteiger partial charge in [-0.1, -0.05) is 55.8 Å². The van der Waals surface area contributed by atoms with Crippen molar-refractivity contribution in [1.82, 2.24) is 0 Å². The van der Waals surface area contributed by atoms with Crippen LogP contribution in [0.25, 0.3) is 0 Å². The van der Waals surface area contributed by atoms with Crippen LogP contribution in [-0.4, -0.2) is 11.6 Å². The number of halogens is 3. The highest BCUT2D eigenvalue weighted by molar-refractivity contribution is 9.11. The number of rotatable bonds is 4. The monoisotopic (exact) mass is 630 g/mol. The Kier molecular flexibility index (Phi) is 6.76. The van der Waals surface area contributed by atoms with Crippen molar-refractivity contribution in [3.63, 3.8) is 0 Å². The lowest BCUT2D eigenvalue weighted by atomic mass is 9.65. The molecule has 2 aromatic carbocycles. The Balaban J connectivity index is 1.67. The van der Waals surface area contributed by atoms with Crippen LogP contribution in [0.3, 0.4) is 0 Å². The standard InChI is InChI=1S/C30H29Br2FO4/c1-29(2)11-21(34)26-23(13-29)37-24-14-30(3,4)12-22(35)27(24)25(26)19-9-17(31)10-20(32)28(19)36-15-16-5-7-18(33)8-6-16/h5-10,25H,11-15H2,1-4H3. The molecule has 2 aromatic rings. The second-order valence-electron chi connectivity index (χ2n) is 11.8. The minimum absolute atomic E-state index is 0.000941. The molecule has 1 heterocycles. The fraction of sp³-hybridized carbons (Fsp3) is 0.400. The molecule has 0 bridgehead atoms. The summed E-state index contributed by atoms with van der Waals surface area (Å²) in [5, 5.41) is 0. The van der Waals surface area contributed by atoms with Crippen molar-refractivity contribution in [2.24, 2.45) is 10.8 Å². The van der Waals surface area contributed by atoms with E-state index in [0.717, 1.165) is 15.6 Å².